The van der Waals surface area contributed by atoms with Gasteiger partial charge in [-0.3, -0.25) is 14.5 Å². The van der Waals surface area contributed by atoms with Gasteiger partial charge in [0.25, 0.3) is 0 Å². The Balaban J connectivity index is 1.45. The van der Waals surface area contributed by atoms with Crippen molar-refractivity contribution in [2.75, 3.05) is 60.1 Å². The fraction of sp³-hybridized carbons (Fsp3) is 0.524. The summed E-state index contributed by atoms with van der Waals surface area (Å²) in [6, 6.07) is 5.61. The lowest BCUT2D eigenvalue weighted by atomic mass is 10.1. The van der Waals surface area contributed by atoms with Gasteiger partial charge in [0.2, 0.25) is 11.8 Å². The molecular weight excluding hydrogens is 374 g/mol. The molecule has 0 bridgehead atoms. The van der Waals surface area contributed by atoms with E-state index in [9.17, 15) is 9.59 Å². The number of hydrogen-bond acceptors (Lipinski definition) is 6. The average Bonchev–Trinajstić information content (AvgIpc) is 3.13. The molecule has 0 radical (unpaired) electrons. The van der Waals surface area contributed by atoms with Crippen molar-refractivity contribution in [3.63, 3.8) is 0 Å². The standard InChI is InChI=1S/C21H29N3O5/c1-27-11-3-6-22-20(25)14-23-7-9-24(10-8-23)21(26)12-16-15-29-19-13-17(28-2)4-5-18(16)19/h4-5,13,15H,3,6-12,14H2,1-2H3,(H,22,25). The van der Waals surface area contributed by atoms with Crippen LogP contribution in [0.2, 0.25) is 0 Å². The highest BCUT2D eigenvalue weighted by Crippen LogP contribution is 2.26. The van der Waals surface area contributed by atoms with Gasteiger partial charge in [0, 0.05) is 63.5 Å². The number of benzene rings is 1. The van der Waals surface area contributed by atoms with E-state index in [0.717, 1.165) is 23.1 Å². The summed E-state index contributed by atoms with van der Waals surface area (Å²) >= 11 is 0. The van der Waals surface area contributed by atoms with E-state index in [0.29, 0.717) is 57.9 Å². The van der Waals surface area contributed by atoms with Crippen molar-refractivity contribution in [1.82, 2.24) is 15.1 Å². The first-order valence-electron chi connectivity index (χ1n) is 9.90. The Hall–Kier alpha value is -2.58. The maximum absolute atomic E-state index is 12.7. The minimum absolute atomic E-state index is 0.0150. The number of nitrogens with one attached hydrogen (secondary N) is 1. The third kappa shape index (κ3) is 5.71. The normalized spacial score (nSPS) is 14.9. The molecule has 1 aliphatic rings. The van der Waals surface area contributed by atoms with Crippen molar-refractivity contribution in [3.05, 3.63) is 30.0 Å². The van der Waals surface area contributed by atoms with Crippen LogP contribution < -0.4 is 10.1 Å². The molecule has 1 N–H and O–H groups in total. The van der Waals surface area contributed by atoms with E-state index >= 15 is 0 Å². The first-order valence-corrected chi connectivity index (χ1v) is 9.90. The molecule has 1 aliphatic heterocycles. The smallest absolute Gasteiger partial charge is 0.234 e. The molecule has 1 aromatic carbocycles. The second-order valence-electron chi connectivity index (χ2n) is 7.15. The van der Waals surface area contributed by atoms with E-state index < -0.39 is 0 Å². The molecule has 2 aromatic rings. The highest BCUT2D eigenvalue weighted by molar-refractivity contribution is 5.88. The molecule has 2 amide bonds. The van der Waals surface area contributed by atoms with E-state index in [1.807, 2.05) is 23.1 Å². The predicted octanol–water partition coefficient (Wildman–Crippen LogP) is 1.28. The number of carbonyl (C=O) groups is 2. The molecular formula is C21H29N3O5. The summed E-state index contributed by atoms with van der Waals surface area (Å²) in [4.78, 5) is 28.6. The first-order chi connectivity index (χ1) is 14.1. The van der Waals surface area contributed by atoms with Crippen LogP contribution in [0, 0.1) is 0 Å². The third-order valence-corrected chi connectivity index (χ3v) is 5.14. The Morgan fingerprint density at radius 3 is 2.69 bits per heavy atom. The molecule has 158 valence electrons. The predicted molar refractivity (Wildman–Crippen MR) is 109 cm³/mol. The number of rotatable bonds is 9. The second kappa shape index (κ2) is 10.3. The molecule has 0 saturated carbocycles. The molecule has 0 unspecified atom stereocenters. The Bertz CT molecular complexity index is 827. The topological polar surface area (TPSA) is 84.3 Å². The lowest BCUT2D eigenvalue weighted by molar-refractivity contribution is -0.132. The van der Waals surface area contributed by atoms with Crippen LogP contribution in [0.4, 0.5) is 0 Å². The summed E-state index contributed by atoms with van der Waals surface area (Å²) in [5.74, 6) is 0.817. The van der Waals surface area contributed by atoms with Crippen molar-refractivity contribution in [2.45, 2.75) is 12.8 Å². The van der Waals surface area contributed by atoms with Gasteiger partial charge in [-0.05, 0) is 18.6 Å². The van der Waals surface area contributed by atoms with Gasteiger partial charge in [0.1, 0.15) is 11.3 Å². The average molecular weight is 403 g/mol. The first kappa shape index (κ1) is 21.1. The number of amides is 2. The van der Waals surface area contributed by atoms with Crippen molar-refractivity contribution in [2.24, 2.45) is 0 Å². The molecule has 1 saturated heterocycles. The fourth-order valence-corrected chi connectivity index (χ4v) is 3.46. The monoisotopic (exact) mass is 403 g/mol. The number of methoxy groups -OCH3 is 2. The molecule has 0 spiro atoms. The number of nitrogens with zero attached hydrogens (tertiary/aromatic N) is 2. The summed E-state index contributed by atoms with van der Waals surface area (Å²) in [5, 5.41) is 3.83. The van der Waals surface area contributed by atoms with E-state index in [2.05, 4.69) is 10.2 Å². The SMILES string of the molecule is COCCCNC(=O)CN1CCN(C(=O)Cc2coc3cc(OC)ccc23)CC1. The summed E-state index contributed by atoms with van der Waals surface area (Å²) < 4.78 is 15.7. The van der Waals surface area contributed by atoms with Gasteiger partial charge in [-0.1, -0.05) is 0 Å². The molecule has 8 heteroatoms. The van der Waals surface area contributed by atoms with E-state index in [4.69, 9.17) is 13.9 Å². The number of furan rings is 1. The minimum atomic E-state index is 0.0150. The number of fused-ring (bicyclic) bond motifs is 1. The molecule has 3 rings (SSSR count). The quantitative estimate of drug-likeness (QED) is 0.635. The minimum Gasteiger partial charge on any atom is -0.497 e. The molecule has 8 nitrogen and oxygen atoms in total. The second-order valence-corrected chi connectivity index (χ2v) is 7.15. The van der Waals surface area contributed by atoms with Crippen molar-refractivity contribution >= 4 is 22.8 Å². The van der Waals surface area contributed by atoms with Crippen molar-refractivity contribution in [1.29, 1.82) is 0 Å². The number of piperazine rings is 1. The van der Waals surface area contributed by atoms with Crippen LogP contribution in [0.15, 0.2) is 28.9 Å². The van der Waals surface area contributed by atoms with Gasteiger partial charge in [0.05, 0.1) is 26.3 Å². The molecule has 1 aromatic heterocycles. The maximum Gasteiger partial charge on any atom is 0.234 e. The largest absolute Gasteiger partial charge is 0.497 e. The fourth-order valence-electron chi connectivity index (χ4n) is 3.46. The molecule has 0 atom stereocenters. The molecule has 2 heterocycles. The Morgan fingerprint density at radius 2 is 1.97 bits per heavy atom. The Labute approximate surface area is 170 Å². The number of ether oxygens (including phenoxy) is 2. The van der Waals surface area contributed by atoms with Crippen LogP contribution in [0.3, 0.4) is 0 Å². The number of hydrogen-bond donors (Lipinski definition) is 1. The summed E-state index contributed by atoms with van der Waals surface area (Å²) in [7, 11) is 3.26. The molecule has 1 fully saturated rings. The lowest BCUT2D eigenvalue weighted by Crippen LogP contribution is -2.51. The highest BCUT2D eigenvalue weighted by Gasteiger charge is 2.23. The van der Waals surface area contributed by atoms with Gasteiger partial charge in [-0.2, -0.15) is 0 Å². The summed E-state index contributed by atoms with van der Waals surface area (Å²) in [5.41, 5.74) is 1.60. The van der Waals surface area contributed by atoms with Crippen molar-refractivity contribution < 1.29 is 23.5 Å². The van der Waals surface area contributed by atoms with E-state index in [1.54, 1.807) is 20.5 Å². The summed E-state index contributed by atoms with van der Waals surface area (Å²) in [6.07, 6.45) is 2.76. The summed E-state index contributed by atoms with van der Waals surface area (Å²) in [6.45, 7) is 4.26. The maximum atomic E-state index is 12.7. The van der Waals surface area contributed by atoms with E-state index in [-0.39, 0.29) is 11.8 Å². The Kier molecular flexibility index (Phi) is 7.48. The van der Waals surface area contributed by atoms with Gasteiger partial charge >= 0.3 is 0 Å². The van der Waals surface area contributed by atoms with Gasteiger partial charge in [0.15, 0.2) is 0 Å². The zero-order valence-corrected chi connectivity index (χ0v) is 17.1. The van der Waals surface area contributed by atoms with Crippen LogP contribution >= 0.6 is 0 Å². The van der Waals surface area contributed by atoms with Gasteiger partial charge < -0.3 is 24.1 Å². The zero-order valence-electron chi connectivity index (χ0n) is 17.1. The molecule has 0 aliphatic carbocycles. The zero-order chi connectivity index (χ0) is 20.6. The van der Waals surface area contributed by atoms with Crippen LogP contribution in [-0.2, 0) is 20.7 Å². The van der Waals surface area contributed by atoms with Crippen molar-refractivity contribution in [3.8, 4) is 5.75 Å². The van der Waals surface area contributed by atoms with Crippen LogP contribution in [0.5, 0.6) is 5.75 Å². The molecule has 29 heavy (non-hydrogen) atoms. The van der Waals surface area contributed by atoms with Gasteiger partial charge in [-0.15, -0.1) is 0 Å². The van der Waals surface area contributed by atoms with Crippen LogP contribution in [0.1, 0.15) is 12.0 Å². The van der Waals surface area contributed by atoms with Crippen LogP contribution in [0.25, 0.3) is 11.0 Å². The van der Waals surface area contributed by atoms with Gasteiger partial charge in [-0.25, -0.2) is 0 Å². The highest BCUT2D eigenvalue weighted by atomic mass is 16.5. The Morgan fingerprint density at radius 1 is 1.17 bits per heavy atom. The van der Waals surface area contributed by atoms with Crippen LogP contribution in [-0.4, -0.2) is 81.7 Å². The van der Waals surface area contributed by atoms with E-state index in [1.165, 1.54) is 0 Å². The lowest BCUT2D eigenvalue weighted by Gasteiger charge is -2.34. The third-order valence-electron chi connectivity index (χ3n) is 5.14. The number of carbonyl (C=O) groups excluding carboxylic acids is 2.